The molecule has 4 rings (SSSR count). The van der Waals surface area contributed by atoms with Gasteiger partial charge in [0.2, 0.25) is 0 Å². The van der Waals surface area contributed by atoms with Gasteiger partial charge in [-0.25, -0.2) is 9.37 Å². The van der Waals surface area contributed by atoms with Crippen molar-refractivity contribution in [1.29, 1.82) is 0 Å². The number of nitrogens with zero attached hydrogens (tertiary/aromatic N) is 4. The lowest BCUT2D eigenvalue weighted by molar-refractivity contribution is 0.622. The lowest BCUT2D eigenvalue weighted by atomic mass is 10.0. The van der Waals surface area contributed by atoms with Crippen LogP contribution in [0.1, 0.15) is 10.7 Å². The topological polar surface area (TPSA) is 51.6 Å². The summed E-state index contributed by atoms with van der Waals surface area (Å²) in [6.07, 6.45) is 6.39. The highest BCUT2D eigenvalue weighted by molar-refractivity contribution is 7.15. The molecule has 4 heterocycles. The zero-order valence-electron chi connectivity index (χ0n) is 13.1. The van der Waals surface area contributed by atoms with Crippen LogP contribution >= 0.6 is 11.3 Å². The van der Waals surface area contributed by atoms with Crippen molar-refractivity contribution in [2.45, 2.75) is 13.8 Å². The van der Waals surface area contributed by atoms with Crippen molar-refractivity contribution in [2.24, 2.45) is 0 Å². The number of thiazole rings is 1. The first kappa shape index (κ1) is 14.8. The second-order valence-electron chi connectivity index (χ2n) is 5.50. The molecule has 118 valence electrons. The van der Waals surface area contributed by atoms with Gasteiger partial charge in [-0.2, -0.15) is 0 Å². The molecule has 24 heavy (non-hydrogen) atoms. The molecular formula is C18H13FN4S. The normalized spacial score (nSPS) is 11.1. The fraction of sp³-hybridized carbons (Fsp3) is 0.111. The molecule has 0 atom stereocenters. The fourth-order valence-electron chi connectivity index (χ4n) is 2.65. The van der Waals surface area contributed by atoms with Crippen LogP contribution in [-0.4, -0.2) is 19.9 Å². The molecule has 0 spiro atoms. The number of aromatic nitrogens is 4. The third-order valence-corrected chi connectivity index (χ3v) is 4.66. The summed E-state index contributed by atoms with van der Waals surface area (Å²) < 4.78 is 13.6. The largest absolute Gasteiger partial charge is 0.261 e. The smallest absolute Gasteiger partial charge is 0.142 e. The summed E-state index contributed by atoms with van der Waals surface area (Å²) in [4.78, 5) is 18.5. The number of aryl methyl sites for hydroxylation is 2. The first-order valence-electron chi connectivity index (χ1n) is 7.42. The summed E-state index contributed by atoms with van der Waals surface area (Å²) in [6, 6.07) is 5.40. The second kappa shape index (κ2) is 5.72. The van der Waals surface area contributed by atoms with Crippen LogP contribution in [0.25, 0.3) is 32.6 Å². The first-order valence-corrected chi connectivity index (χ1v) is 8.23. The van der Waals surface area contributed by atoms with Crippen LogP contribution in [0, 0.1) is 19.7 Å². The van der Waals surface area contributed by atoms with Gasteiger partial charge in [0.15, 0.2) is 0 Å². The Morgan fingerprint density at radius 3 is 2.62 bits per heavy atom. The first-order chi connectivity index (χ1) is 11.6. The molecular weight excluding hydrogens is 323 g/mol. The molecule has 0 aliphatic heterocycles. The summed E-state index contributed by atoms with van der Waals surface area (Å²) in [5.41, 5.74) is 3.99. The molecule has 6 heteroatoms. The lowest BCUT2D eigenvalue weighted by Crippen LogP contribution is -1.93. The predicted molar refractivity (Wildman–Crippen MR) is 93.3 cm³/mol. The maximum Gasteiger partial charge on any atom is 0.142 e. The number of fused-ring (bicyclic) bond motifs is 1. The van der Waals surface area contributed by atoms with Crippen molar-refractivity contribution >= 4 is 22.2 Å². The minimum absolute atomic E-state index is 0.372. The Hall–Kier alpha value is -2.73. The molecule has 0 N–H and O–H groups in total. The third kappa shape index (κ3) is 2.55. The monoisotopic (exact) mass is 336 g/mol. The Kier molecular flexibility index (Phi) is 3.54. The SMILES string of the molecule is Cc1ccc2c(-c3cncc(F)c3)cnc(-c3cnc(C)s3)c2n1. The molecule has 4 nitrogen and oxygen atoms in total. The number of hydrogen-bond acceptors (Lipinski definition) is 5. The summed E-state index contributed by atoms with van der Waals surface area (Å²) >= 11 is 1.58. The van der Waals surface area contributed by atoms with E-state index in [-0.39, 0.29) is 5.82 Å². The van der Waals surface area contributed by atoms with Crippen LogP contribution in [0.15, 0.2) is 43.0 Å². The van der Waals surface area contributed by atoms with E-state index >= 15 is 0 Å². The van der Waals surface area contributed by atoms with Crippen molar-refractivity contribution in [2.75, 3.05) is 0 Å². The highest BCUT2D eigenvalue weighted by atomic mass is 32.1. The molecule has 4 aromatic rings. The molecule has 0 saturated heterocycles. The molecule has 0 saturated carbocycles. The zero-order chi connectivity index (χ0) is 16.7. The van der Waals surface area contributed by atoms with Crippen LogP contribution in [-0.2, 0) is 0 Å². The molecule has 0 bridgehead atoms. The van der Waals surface area contributed by atoms with Gasteiger partial charge in [0.25, 0.3) is 0 Å². The van der Waals surface area contributed by atoms with Gasteiger partial charge in [0.1, 0.15) is 11.5 Å². The van der Waals surface area contributed by atoms with Crippen LogP contribution in [0.4, 0.5) is 4.39 Å². The van der Waals surface area contributed by atoms with Gasteiger partial charge in [-0.15, -0.1) is 11.3 Å². The summed E-state index contributed by atoms with van der Waals surface area (Å²) in [6.45, 7) is 3.90. The zero-order valence-corrected chi connectivity index (χ0v) is 13.9. The van der Waals surface area contributed by atoms with Crippen LogP contribution in [0.5, 0.6) is 0 Å². The molecule has 0 aromatic carbocycles. The maximum atomic E-state index is 13.6. The molecule has 0 radical (unpaired) electrons. The minimum atomic E-state index is -0.372. The van der Waals surface area contributed by atoms with Gasteiger partial charge >= 0.3 is 0 Å². The molecule has 0 fully saturated rings. The average molecular weight is 336 g/mol. The van der Waals surface area contributed by atoms with Gasteiger partial charge in [0.05, 0.1) is 21.6 Å². The third-order valence-electron chi connectivity index (χ3n) is 3.74. The van der Waals surface area contributed by atoms with Crippen molar-refractivity contribution in [3.05, 3.63) is 59.5 Å². The predicted octanol–water partition coefficient (Wildman–Crippen LogP) is 4.57. The highest BCUT2D eigenvalue weighted by Crippen LogP contribution is 2.34. The van der Waals surface area contributed by atoms with Crippen molar-refractivity contribution in [3.63, 3.8) is 0 Å². The van der Waals surface area contributed by atoms with Gasteiger partial charge in [-0.05, 0) is 26.0 Å². The van der Waals surface area contributed by atoms with E-state index in [1.807, 2.05) is 32.2 Å². The van der Waals surface area contributed by atoms with E-state index in [1.54, 1.807) is 23.7 Å². The highest BCUT2D eigenvalue weighted by Gasteiger charge is 2.14. The number of hydrogen-bond donors (Lipinski definition) is 0. The average Bonchev–Trinajstić information content (AvgIpc) is 3.00. The molecule has 0 amide bonds. The number of halogens is 1. The van der Waals surface area contributed by atoms with E-state index in [0.717, 1.165) is 37.7 Å². The molecule has 4 aromatic heterocycles. The minimum Gasteiger partial charge on any atom is -0.261 e. The summed E-state index contributed by atoms with van der Waals surface area (Å²) in [5, 5.41) is 1.90. The van der Waals surface area contributed by atoms with E-state index < -0.39 is 0 Å². The van der Waals surface area contributed by atoms with E-state index in [4.69, 9.17) is 0 Å². The summed E-state index contributed by atoms with van der Waals surface area (Å²) in [7, 11) is 0. The Bertz CT molecular complexity index is 1060. The van der Waals surface area contributed by atoms with Gasteiger partial charge in [0, 0.05) is 40.8 Å². The van der Waals surface area contributed by atoms with E-state index in [1.165, 1.54) is 12.3 Å². The van der Waals surface area contributed by atoms with Crippen molar-refractivity contribution in [3.8, 4) is 21.7 Å². The van der Waals surface area contributed by atoms with Crippen LogP contribution in [0.3, 0.4) is 0 Å². The van der Waals surface area contributed by atoms with Crippen molar-refractivity contribution < 1.29 is 4.39 Å². The summed E-state index contributed by atoms with van der Waals surface area (Å²) in [5.74, 6) is -0.372. The van der Waals surface area contributed by atoms with Gasteiger partial charge in [-0.3, -0.25) is 15.0 Å². The van der Waals surface area contributed by atoms with Gasteiger partial charge in [-0.1, -0.05) is 6.07 Å². The van der Waals surface area contributed by atoms with Crippen LogP contribution < -0.4 is 0 Å². The van der Waals surface area contributed by atoms with E-state index in [2.05, 4.69) is 19.9 Å². The number of rotatable bonds is 2. The van der Waals surface area contributed by atoms with E-state index in [0.29, 0.717) is 5.56 Å². The van der Waals surface area contributed by atoms with Gasteiger partial charge < -0.3 is 0 Å². The van der Waals surface area contributed by atoms with Crippen LogP contribution in [0.2, 0.25) is 0 Å². The Labute approximate surface area is 142 Å². The Balaban J connectivity index is 2.02. The van der Waals surface area contributed by atoms with Crippen molar-refractivity contribution in [1.82, 2.24) is 19.9 Å². The Morgan fingerprint density at radius 2 is 1.88 bits per heavy atom. The quantitative estimate of drug-likeness (QED) is 0.538. The number of pyridine rings is 3. The Morgan fingerprint density at radius 1 is 1.00 bits per heavy atom. The maximum absolute atomic E-state index is 13.6. The molecule has 0 aliphatic rings. The standard InChI is InChI=1S/C18H13FN4S/c1-10-3-4-14-15(12-5-13(19)7-20-6-12)8-22-18(17(14)23-10)16-9-21-11(2)24-16/h3-9H,1-2H3. The second-order valence-corrected chi connectivity index (χ2v) is 6.74. The van der Waals surface area contributed by atoms with E-state index in [9.17, 15) is 4.39 Å². The lowest BCUT2D eigenvalue weighted by Gasteiger charge is -2.09. The molecule has 0 unspecified atom stereocenters. The fourth-order valence-corrected chi connectivity index (χ4v) is 3.43. The molecule has 0 aliphatic carbocycles.